The molecule has 0 N–H and O–H groups in total. The fraction of sp³-hybridized carbons (Fsp3) is 0.500. The van der Waals surface area contributed by atoms with Gasteiger partial charge in [0, 0.05) is 18.8 Å². The van der Waals surface area contributed by atoms with Crippen molar-refractivity contribution in [3.8, 4) is 0 Å². The molecule has 1 atom stereocenters. The Morgan fingerprint density at radius 1 is 1.45 bits per heavy atom. The summed E-state index contributed by atoms with van der Waals surface area (Å²) in [5.41, 5.74) is 3.13. The van der Waals surface area contributed by atoms with Gasteiger partial charge in [-0.1, -0.05) is 0 Å². The van der Waals surface area contributed by atoms with Crippen LogP contribution in [-0.2, 0) is 0 Å². The molecule has 58 valence electrons. The molecule has 1 heteroatoms. The maximum atomic E-state index is 3.13. The number of fused-ring (bicyclic) bond motifs is 1. The van der Waals surface area contributed by atoms with Gasteiger partial charge in [0.05, 0.1) is 0 Å². The molecule has 0 aromatic heterocycles. The van der Waals surface area contributed by atoms with E-state index in [-0.39, 0.29) is 0 Å². The Hall–Kier alpha value is -0.940. The zero-order valence-corrected chi connectivity index (χ0v) is 6.66. The van der Waals surface area contributed by atoms with E-state index in [0.29, 0.717) is 0 Å². The SMILES string of the molecule is C1=C/C=C/N2CC2CCCC=1. The summed E-state index contributed by atoms with van der Waals surface area (Å²) in [5, 5.41) is 0. The molecule has 0 amide bonds. The molecule has 0 bridgehead atoms. The minimum atomic E-state index is 0.853. The fourth-order valence-corrected chi connectivity index (χ4v) is 1.45. The van der Waals surface area contributed by atoms with Gasteiger partial charge in [0.1, 0.15) is 0 Å². The molecular weight excluding hydrogens is 134 g/mol. The molecule has 1 nitrogen and oxygen atoms in total. The number of nitrogens with zero attached hydrogens (tertiary/aromatic N) is 1. The summed E-state index contributed by atoms with van der Waals surface area (Å²) < 4.78 is 0. The summed E-state index contributed by atoms with van der Waals surface area (Å²) in [4.78, 5) is 2.38. The molecule has 0 aliphatic carbocycles. The van der Waals surface area contributed by atoms with Gasteiger partial charge in [0.25, 0.3) is 0 Å². The number of hydrogen-bond donors (Lipinski definition) is 0. The van der Waals surface area contributed by atoms with Gasteiger partial charge in [-0.3, -0.25) is 0 Å². The second kappa shape index (κ2) is 2.98. The van der Waals surface area contributed by atoms with E-state index in [0.717, 1.165) is 6.04 Å². The molecule has 2 heterocycles. The van der Waals surface area contributed by atoms with E-state index < -0.39 is 0 Å². The third-order valence-electron chi connectivity index (χ3n) is 2.23. The van der Waals surface area contributed by atoms with Gasteiger partial charge in [-0.15, -0.1) is 5.73 Å². The highest BCUT2D eigenvalue weighted by Crippen LogP contribution is 2.23. The van der Waals surface area contributed by atoms with Gasteiger partial charge in [0.15, 0.2) is 0 Å². The Bertz CT molecular complexity index is 221. The van der Waals surface area contributed by atoms with Crippen molar-refractivity contribution in [2.45, 2.75) is 25.3 Å². The Kier molecular flexibility index (Phi) is 1.83. The predicted molar refractivity (Wildman–Crippen MR) is 46.1 cm³/mol. The van der Waals surface area contributed by atoms with Gasteiger partial charge in [-0.2, -0.15) is 0 Å². The van der Waals surface area contributed by atoms with E-state index in [2.05, 4.69) is 29.0 Å². The summed E-state index contributed by atoms with van der Waals surface area (Å²) in [6.07, 6.45) is 12.2. The number of rotatable bonds is 0. The van der Waals surface area contributed by atoms with Crippen LogP contribution in [0, 0.1) is 0 Å². The molecule has 0 saturated carbocycles. The second-order valence-corrected chi connectivity index (χ2v) is 3.16. The van der Waals surface area contributed by atoms with Crippen LogP contribution in [0.1, 0.15) is 19.3 Å². The molecule has 0 aromatic rings. The maximum absolute atomic E-state index is 3.13. The van der Waals surface area contributed by atoms with Crippen LogP contribution in [0.5, 0.6) is 0 Å². The lowest BCUT2D eigenvalue weighted by Crippen LogP contribution is -1.92. The Morgan fingerprint density at radius 2 is 2.45 bits per heavy atom. The molecule has 0 radical (unpaired) electrons. The normalized spacial score (nSPS) is 31.3. The standard InChI is InChI=1S/C10H13N/c1-2-4-6-8-11-9-10(11)7-5-3-1/h1,4,6,8,10H,3,5,7,9H2/b8-6+. The molecule has 2 rings (SSSR count). The summed E-state index contributed by atoms with van der Waals surface area (Å²) in [6, 6.07) is 0.853. The highest BCUT2D eigenvalue weighted by molar-refractivity contribution is 5.08. The lowest BCUT2D eigenvalue weighted by atomic mass is 10.2. The molecular formula is C10H13N. The third-order valence-corrected chi connectivity index (χ3v) is 2.23. The first kappa shape index (κ1) is 6.75. The van der Waals surface area contributed by atoms with Crippen LogP contribution in [0.4, 0.5) is 0 Å². The van der Waals surface area contributed by atoms with Crippen LogP contribution in [0.25, 0.3) is 0 Å². The average Bonchev–Trinajstić information content (AvgIpc) is 2.76. The van der Waals surface area contributed by atoms with E-state index in [1.54, 1.807) is 0 Å². The molecule has 1 fully saturated rings. The van der Waals surface area contributed by atoms with Crippen LogP contribution in [0.3, 0.4) is 0 Å². The number of allylic oxidation sites excluding steroid dienone is 2. The lowest BCUT2D eigenvalue weighted by Gasteiger charge is -1.97. The van der Waals surface area contributed by atoms with Crippen LogP contribution in [0.15, 0.2) is 30.2 Å². The molecule has 11 heavy (non-hydrogen) atoms. The predicted octanol–water partition coefficient (Wildman–Crippen LogP) is 2.08. The Balaban J connectivity index is 2.02. The average molecular weight is 147 g/mol. The van der Waals surface area contributed by atoms with Crippen LogP contribution >= 0.6 is 0 Å². The van der Waals surface area contributed by atoms with E-state index in [9.17, 15) is 0 Å². The first-order valence-electron chi connectivity index (χ1n) is 4.30. The van der Waals surface area contributed by atoms with E-state index >= 15 is 0 Å². The van der Waals surface area contributed by atoms with Gasteiger partial charge < -0.3 is 4.90 Å². The quantitative estimate of drug-likeness (QED) is 0.374. The highest BCUT2D eigenvalue weighted by Gasteiger charge is 2.29. The topological polar surface area (TPSA) is 3.01 Å². The third kappa shape index (κ3) is 1.75. The zero-order valence-electron chi connectivity index (χ0n) is 6.66. The molecule has 2 aliphatic heterocycles. The molecule has 0 aromatic carbocycles. The smallest absolute Gasteiger partial charge is 0.0460 e. The number of hydrogen-bond acceptors (Lipinski definition) is 1. The summed E-state index contributed by atoms with van der Waals surface area (Å²) in [6.45, 7) is 1.27. The molecule has 0 spiro atoms. The van der Waals surface area contributed by atoms with Crippen LogP contribution in [0.2, 0.25) is 0 Å². The summed E-state index contributed by atoms with van der Waals surface area (Å²) >= 11 is 0. The summed E-state index contributed by atoms with van der Waals surface area (Å²) in [7, 11) is 0. The Labute approximate surface area is 67.7 Å². The van der Waals surface area contributed by atoms with E-state index in [1.165, 1.54) is 25.8 Å². The van der Waals surface area contributed by atoms with Gasteiger partial charge >= 0.3 is 0 Å². The Morgan fingerprint density at radius 3 is 3.45 bits per heavy atom. The molecule has 1 unspecified atom stereocenters. The van der Waals surface area contributed by atoms with Crippen molar-refractivity contribution in [1.29, 1.82) is 0 Å². The van der Waals surface area contributed by atoms with Crippen molar-refractivity contribution in [3.63, 3.8) is 0 Å². The fourth-order valence-electron chi connectivity index (χ4n) is 1.45. The minimum absolute atomic E-state index is 0.853. The van der Waals surface area contributed by atoms with Crippen molar-refractivity contribution >= 4 is 0 Å². The first-order chi connectivity index (χ1) is 5.47. The van der Waals surface area contributed by atoms with Crippen LogP contribution < -0.4 is 0 Å². The van der Waals surface area contributed by atoms with Crippen molar-refractivity contribution in [3.05, 3.63) is 30.2 Å². The van der Waals surface area contributed by atoms with Crippen molar-refractivity contribution in [2.24, 2.45) is 0 Å². The van der Waals surface area contributed by atoms with Crippen LogP contribution in [-0.4, -0.2) is 17.5 Å². The van der Waals surface area contributed by atoms with Crippen molar-refractivity contribution in [1.82, 2.24) is 4.90 Å². The van der Waals surface area contributed by atoms with Crippen molar-refractivity contribution < 1.29 is 0 Å². The van der Waals surface area contributed by atoms with E-state index in [1.807, 2.05) is 6.08 Å². The molecule has 1 saturated heterocycles. The minimum Gasteiger partial charge on any atom is -0.371 e. The molecule has 2 aliphatic rings. The lowest BCUT2D eigenvalue weighted by molar-refractivity contribution is 0.612. The second-order valence-electron chi connectivity index (χ2n) is 3.16. The summed E-state index contributed by atoms with van der Waals surface area (Å²) in [5.74, 6) is 0. The highest BCUT2D eigenvalue weighted by atomic mass is 15.3. The van der Waals surface area contributed by atoms with Gasteiger partial charge in [-0.05, 0) is 37.5 Å². The van der Waals surface area contributed by atoms with Gasteiger partial charge in [-0.25, -0.2) is 0 Å². The zero-order chi connectivity index (χ0) is 7.52. The first-order valence-corrected chi connectivity index (χ1v) is 4.30. The monoisotopic (exact) mass is 147 g/mol. The van der Waals surface area contributed by atoms with Crippen molar-refractivity contribution in [2.75, 3.05) is 6.54 Å². The maximum Gasteiger partial charge on any atom is 0.0460 e. The largest absolute Gasteiger partial charge is 0.371 e. The van der Waals surface area contributed by atoms with E-state index in [4.69, 9.17) is 0 Å². The van der Waals surface area contributed by atoms with Gasteiger partial charge in [0.2, 0.25) is 0 Å².